The molecular weight excluding hydrogens is 308 g/mol. The molecule has 1 aliphatic carbocycles. The van der Waals surface area contributed by atoms with Crippen LogP contribution in [-0.4, -0.2) is 23.2 Å². The van der Waals surface area contributed by atoms with Crippen molar-refractivity contribution in [3.63, 3.8) is 0 Å². The van der Waals surface area contributed by atoms with Gasteiger partial charge in [-0.2, -0.15) is 0 Å². The number of benzene rings is 1. The van der Waals surface area contributed by atoms with Crippen LogP contribution in [0.3, 0.4) is 0 Å². The summed E-state index contributed by atoms with van der Waals surface area (Å²) in [4.78, 5) is 12.3. The number of hydrogen-bond acceptors (Lipinski definition) is 3. The lowest BCUT2D eigenvalue weighted by Crippen LogP contribution is -2.44. The third-order valence-corrected chi connectivity index (χ3v) is 4.11. The highest BCUT2D eigenvalue weighted by Gasteiger charge is 2.15. The van der Waals surface area contributed by atoms with Crippen molar-refractivity contribution in [1.29, 1.82) is 0 Å². The molecule has 1 fully saturated rings. The van der Waals surface area contributed by atoms with Crippen LogP contribution in [0.2, 0.25) is 0 Å². The molecule has 4 nitrogen and oxygen atoms in total. The third-order valence-electron chi connectivity index (χ3n) is 3.89. The smallest absolute Gasteiger partial charge is 0.257 e. The SMILES string of the molecule is CC(C)Oc1cccc(C(=O)NC(=S)NC2CCCCCC2)c1. The fourth-order valence-corrected chi connectivity index (χ4v) is 3.06. The average Bonchev–Trinajstić information content (AvgIpc) is 2.75. The fraction of sp³-hybridized carbons (Fsp3) is 0.556. The van der Waals surface area contributed by atoms with Crippen LogP contribution in [0.4, 0.5) is 0 Å². The van der Waals surface area contributed by atoms with Gasteiger partial charge in [-0.3, -0.25) is 10.1 Å². The van der Waals surface area contributed by atoms with Gasteiger partial charge in [-0.05, 0) is 57.1 Å². The van der Waals surface area contributed by atoms with Gasteiger partial charge in [0.1, 0.15) is 5.75 Å². The van der Waals surface area contributed by atoms with Gasteiger partial charge in [-0.25, -0.2) is 0 Å². The number of nitrogens with one attached hydrogen (secondary N) is 2. The van der Waals surface area contributed by atoms with E-state index in [0.717, 1.165) is 12.8 Å². The minimum atomic E-state index is -0.203. The van der Waals surface area contributed by atoms with Crippen LogP contribution in [0.25, 0.3) is 0 Å². The normalized spacial score (nSPS) is 15.8. The maximum atomic E-state index is 12.3. The number of hydrogen-bond donors (Lipinski definition) is 2. The Hall–Kier alpha value is -1.62. The molecule has 1 amide bonds. The van der Waals surface area contributed by atoms with Gasteiger partial charge in [0.15, 0.2) is 5.11 Å². The van der Waals surface area contributed by atoms with Crippen LogP contribution in [0, 0.1) is 0 Å². The Morgan fingerprint density at radius 3 is 2.57 bits per heavy atom. The summed E-state index contributed by atoms with van der Waals surface area (Å²) in [6.45, 7) is 3.91. The predicted molar refractivity (Wildman–Crippen MR) is 96.9 cm³/mol. The minimum absolute atomic E-state index is 0.0753. The van der Waals surface area contributed by atoms with Crippen LogP contribution in [0.15, 0.2) is 24.3 Å². The van der Waals surface area contributed by atoms with Crippen molar-refractivity contribution < 1.29 is 9.53 Å². The number of carbonyl (C=O) groups is 1. The first-order chi connectivity index (χ1) is 11.0. The van der Waals surface area contributed by atoms with E-state index in [2.05, 4.69) is 10.6 Å². The lowest BCUT2D eigenvalue weighted by molar-refractivity contribution is 0.0975. The Labute approximate surface area is 144 Å². The maximum Gasteiger partial charge on any atom is 0.257 e. The molecule has 0 unspecified atom stereocenters. The van der Waals surface area contributed by atoms with Gasteiger partial charge < -0.3 is 10.1 Å². The van der Waals surface area contributed by atoms with Gasteiger partial charge in [0.05, 0.1) is 6.10 Å². The second-order valence-corrected chi connectivity index (χ2v) is 6.72. The van der Waals surface area contributed by atoms with Crippen molar-refractivity contribution in [2.24, 2.45) is 0 Å². The highest BCUT2D eigenvalue weighted by molar-refractivity contribution is 7.80. The van der Waals surface area contributed by atoms with Crippen molar-refractivity contribution in [3.8, 4) is 5.75 Å². The van der Waals surface area contributed by atoms with Gasteiger partial charge in [-0.15, -0.1) is 0 Å². The molecule has 1 aliphatic rings. The molecule has 1 saturated carbocycles. The monoisotopic (exact) mass is 334 g/mol. The maximum absolute atomic E-state index is 12.3. The molecule has 23 heavy (non-hydrogen) atoms. The lowest BCUT2D eigenvalue weighted by Gasteiger charge is -2.18. The summed E-state index contributed by atoms with van der Waals surface area (Å²) >= 11 is 5.28. The van der Waals surface area contributed by atoms with Gasteiger partial charge in [0.2, 0.25) is 0 Å². The molecule has 126 valence electrons. The summed E-state index contributed by atoms with van der Waals surface area (Å²) in [5, 5.41) is 6.46. The molecule has 1 aromatic rings. The van der Waals surface area contributed by atoms with Crippen molar-refractivity contribution in [2.45, 2.75) is 64.5 Å². The van der Waals surface area contributed by atoms with E-state index in [1.165, 1.54) is 25.7 Å². The Morgan fingerprint density at radius 1 is 1.22 bits per heavy atom. The van der Waals surface area contributed by atoms with E-state index in [4.69, 9.17) is 17.0 Å². The van der Waals surface area contributed by atoms with Crippen LogP contribution in [-0.2, 0) is 0 Å². The van der Waals surface area contributed by atoms with Gasteiger partial charge in [0.25, 0.3) is 5.91 Å². The highest BCUT2D eigenvalue weighted by Crippen LogP contribution is 2.17. The summed E-state index contributed by atoms with van der Waals surface area (Å²) in [5.74, 6) is 0.487. The second kappa shape index (κ2) is 8.87. The van der Waals surface area contributed by atoms with E-state index in [1.807, 2.05) is 26.0 Å². The number of rotatable bonds is 4. The molecule has 0 saturated heterocycles. The van der Waals surface area contributed by atoms with E-state index in [0.29, 0.717) is 22.5 Å². The second-order valence-electron chi connectivity index (χ2n) is 6.31. The van der Waals surface area contributed by atoms with E-state index in [1.54, 1.807) is 12.1 Å². The van der Waals surface area contributed by atoms with Crippen molar-refractivity contribution >= 4 is 23.2 Å². The topological polar surface area (TPSA) is 50.4 Å². The molecular formula is C18H26N2O2S. The first-order valence-corrected chi connectivity index (χ1v) is 8.84. The molecule has 1 aromatic carbocycles. The molecule has 2 N–H and O–H groups in total. The zero-order valence-corrected chi connectivity index (χ0v) is 14.7. The Kier molecular flexibility index (Phi) is 6.84. The zero-order chi connectivity index (χ0) is 16.7. The van der Waals surface area contributed by atoms with Crippen LogP contribution in [0.5, 0.6) is 5.75 Å². The largest absolute Gasteiger partial charge is 0.491 e. The molecule has 0 atom stereocenters. The molecule has 0 aromatic heterocycles. The quantitative estimate of drug-likeness (QED) is 0.649. The molecule has 0 radical (unpaired) electrons. The number of carbonyl (C=O) groups excluding carboxylic acids is 1. The van der Waals surface area contributed by atoms with E-state index >= 15 is 0 Å². The summed E-state index contributed by atoms with van der Waals surface area (Å²) in [6.07, 6.45) is 7.35. The number of amides is 1. The van der Waals surface area contributed by atoms with Gasteiger partial charge in [0, 0.05) is 11.6 Å². The standard InChI is InChI=1S/C18H26N2O2S/c1-13(2)22-16-11-7-8-14(12-16)17(21)20-18(23)19-15-9-5-3-4-6-10-15/h7-8,11-13,15H,3-6,9-10H2,1-2H3,(H2,19,20,21,23). The van der Waals surface area contributed by atoms with Crippen molar-refractivity contribution in [2.75, 3.05) is 0 Å². The third kappa shape index (κ3) is 6.18. The highest BCUT2D eigenvalue weighted by atomic mass is 32.1. The van der Waals surface area contributed by atoms with Crippen LogP contribution in [0.1, 0.15) is 62.7 Å². The summed E-state index contributed by atoms with van der Waals surface area (Å²) in [5.41, 5.74) is 0.549. The molecule has 2 rings (SSSR count). The summed E-state index contributed by atoms with van der Waals surface area (Å²) in [6, 6.07) is 7.54. The lowest BCUT2D eigenvalue weighted by atomic mass is 10.1. The van der Waals surface area contributed by atoms with Crippen LogP contribution >= 0.6 is 12.2 Å². The van der Waals surface area contributed by atoms with Crippen molar-refractivity contribution in [1.82, 2.24) is 10.6 Å². The Bertz CT molecular complexity index is 538. The van der Waals surface area contributed by atoms with E-state index in [-0.39, 0.29) is 12.0 Å². The zero-order valence-electron chi connectivity index (χ0n) is 13.9. The van der Waals surface area contributed by atoms with Gasteiger partial charge in [-0.1, -0.05) is 31.7 Å². The average molecular weight is 334 g/mol. The Balaban J connectivity index is 1.89. The Morgan fingerprint density at radius 2 is 1.91 bits per heavy atom. The van der Waals surface area contributed by atoms with Gasteiger partial charge >= 0.3 is 0 Å². The first kappa shape index (κ1) is 17.7. The molecule has 5 heteroatoms. The van der Waals surface area contributed by atoms with Crippen LogP contribution < -0.4 is 15.4 Å². The number of thiocarbonyl (C=S) groups is 1. The predicted octanol–water partition coefficient (Wildman–Crippen LogP) is 3.80. The van der Waals surface area contributed by atoms with E-state index < -0.39 is 0 Å². The molecule has 0 heterocycles. The van der Waals surface area contributed by atoms with Crippen molar-refractivity contribution in [3.05, 3.63) is 29.8 Å². The minimum Gasteiger partial charge on any atom is -0.491 e. The molecule has 0 spiro atoms. The summed E-state index contributed by atoms with van der Waals surface area (Å²) in [7, 11) is 0. The first-order valence-electron chi connectivity index (χ1n) is 8.43. The number of ether oxygens (including phenoxy) is 1. The van der Waals surface area contributed by atoms with E-state index in [9.17, 15) is 4.79 Å². The fourth-order valence-electron chi connectivity index (χ4n) is 2.80. The molecule has 0 aliphatic heterocycles. The molecule has 0 bridgehead atoms. The summed E-state index contributed by atoms with van der Waals surface area (Å²) < 4.78 is 5.62.